The van der Waals surface area contributed by atoms with E-state index in [0.29, 0.717) is 0 Å². The first-order chi connectivity index (χ1) is 24.3. The molecule has 0 saturated carbocycles. The van der Waals surface area contributed by atoms with Gasteiger partial charge in [-0.2, -0.15) is 0 Å². The summed E-state index contributed by atoms with van der Waals surface area (Å²) in [6, 6.07) is 64.1. The van der Waals surface area contributed by atoms with Crippen molar-refractivity contribution in [3.8, 4) is 22.3 Å². The van der Waals surface area contributed by atoms with Crippen LogP contribution in [0.5, 0.6) is 0 Å². The van der Waals surface area contributed by atoms with Gasteiger partial charge in [-0.15, -0.1) is 0 Å². The highest BCUT2D eigenvalue weighted by Crippen LogP contribution is 2.64. The molecule has 0 aliphatic heterocycles. The lowest BCUT2D eigenvalue weighted by molar-refractivity contribution is 0.669. The summed E-state index contributed by atoms with van der Waals surface area (Å²) < 4.78 is 6.85. The first-order valence-corrected chi connectivity index (χ1v) is 16.9. The van der Waals surface area contributed by atoms with Gasteiger partial charge in [0, 0.05) is 22.0 Å². The molecule has 2 nitrogen and oxygen atoms in total. The monoisotopic (exact) mass is 623 g/mol. The van der Waals surface area contributed by atoms with E-state index in [-0.39, 0.29) is 0 Å². The Hall–Kier alpha value is -6.38. The van der Waals surface area contributed by atoms with Crippen LogP contribution in [0.25, 0.3) is 55.0 Å². The number of hydrogen-bond donors (Lipinski definition) is 0. The number of rotatable bonds is 3. The van der Waals surface area contributed by atoms with Gasteiger partial charge in [-0.1, -0.05) is 140 Å². The lowest BCUT2D eigenvalue weighted by atomic mass is 9.70. The molecule has 0 fully saturated rings. The van der Waals surface area contributed by atoms with Crippen molar-refractivity contribution in [3.63, 3.8) is 0 Å². The van der Waals surface area contributed by atoms with Gasteiger partial charge in [0.25, 0.3) is 0 Å². The van der Waals surface area contributed by atoms with Crippen LogP contribution in [-0.4, -0.2) is 0 Å². The summed E-state index contributed by atoms with van der Waals surface area (Å²) in [6.07, 6.45) is 0. The van der Waals surface area contributed by atoms with Crippen molar-refractivity contribution >= 4 is 49.8 Å². The molecule has 0 bridgehead atoms. The number of para-hydroxylation sites is 2. The van der Waals surface area contributed by atoms with Crippen molar-refractivity contribution in [2.75, 3.05) is 4.90 Å². The quantitative estimate of drug-likeness (QED) is 0.195. The highest BCUT2D eigenvalue weighted by atomic mass is 16.3. The maximum atomic E-state index is 6.85. The number of fused-ring (bicyclic) bond motifs is 14. The summed E-state index contributed by atoms with van der Waals surface area (Å²) >= 11 is 0. The van der Waals surface area contributed by atoms with Crippen LogP contribution >= 0.6 is 0 Å². The average Bonchev–Trinajstić information content (AvgIpc) is 3.79. The lowest BCUT2D eigenvalue weighted by Gasteiger charge is -2.31. The van der Waals surface area contributed by atoms with Gasteiger partial charge < -0.3 is 9.32 Å². The van der Waals surface area contributed by atoms with Gasteiger partial charge in [-0.05, 0) is 86.1 Å². The molecule has 0 atom stereocenters. The Balaban J connectivity index is 1.24. The molecule has 1 heterocycles. The molecule has 228 valence electrons. The van der Waals surface area contributed by atoms with E-state index < -0.39 is 5.41 Å². The zero-order valence-corrected chi connectivity index (χ0v) is 26.6. The molecule has 0 radical (unpaired) electrons. The molecule has 11 rings (SSSR count). The molecule has 49 heavy (non-hydrogen) atoms. The average molecular weight is 624 g/mol. The summed E-state index contributed by atoms with van der Waals surface area (Å²) in [5.41, 5.74) is 15.1. The molecule has 0 saturated heterocycles. The molecule has 0 amide bonds. The topological polar surface area (TPSA) is 16.4 Å². The Morgan fingerprint density at radius 2 is 0.959 bits per heavy atom. The van der Waals surface area contributed by atoms with Gasteiger partial charge in [0.1, 0.15) is 5.58 Å². The van der Waals surface area contributed by atoms with Crippen LogP contribution < -0.4 is 4.90 Å². The molecule has 2 aliphatic carbocycles. The molecule has 1 aromatic heterocycles. The van der Waals surface area contributed by atoms with E-state index in [1.165, 1.54) is 55.3 Å². The van der Waals surface area contributed by atoms with Gasteiger partial charge in [0.15, 0.2) is 5.58 Å². The van der Waals surface area contributed by atoms with Crippen LogP contribution in [0.1, 0.15) is 22.3 Å². The third kappa shape index (κ3) is 3.45. The van der Waals surface area contributed by atoms with Crippen LogP contribution in [0.2, 0.25) is 0 Å². The molecule has 0 N–H and O–H groups in total. The summed E-state index contributed by atoms with van der Waals surface area (Å²) in [5.74, 6) is 0. The van der Waals surface area contributed by atoms with E-state index >= 15 is 0 Å². The fraction of sp³-hybridized carbons (Fsp3) is 0.0213. The third-order valence-corrected chi connectivity index (χ3v) is 10.8. The van der Waals surface area contributed by atoms with E-state index in [1.807, 2.05) is 0 Å². The predicted molar refractivity (Wildman–Crippen MR) is 202 cm³/mol. The minimum atomic E-state index is -0.414. The number of hydrogen-bond acceptors (Lipinski definition) is 2. The Bertz CT molecular complexity index is 2740. The maximum absolute atomic E-state index is 6.85. The lowest BCUT2D eigenvalue weighted by Crippen LogP contribution is -2.26. The van der Waals surface area contributed by atoms with Crippen LogP contribution in [0.15, 0.2) is 180 Å². The normalized spacial score (nSPS) is 13.5. The van der Waals surface area contributed by atoms with E-state index in [0.717, 1.165) is 39.0 Å². The standard InChI is InChI=1S/C47H29NO/c1-2-16-32(17-3-1)48(43-27-12-21-35-37-28-30-14-4-5-15-31(30)29-44(37)49-46(35)43)42-26-13-25-41-45(42)36-20-8-11-24-40(36)47(41)38-22-9-6-18-33(38)34-19-7-10-23-39(34)47/h1-29H. The van der Waals surface area contributed by atoms with Gasteiger partial charge in [-0.25, -0.2) is 0 Å². The largest absolute Gasteiger partial charge is 0.454 e. The van der Waals surface area contributed by atoms with Crippen LogP contribution in [0.4, 0.5) is 17.1 Å². The minimum absolute atomic E-state index is 0.414. The van der Waals surface area contributed by atoms with E-state index in [4.69, 9.17) is 4.42 Å². The van der Waals surface area contributed by atoms with Crippen molar-refractivity contribution in [1.82, 2.24) is 0 Å². The summed E-state index contributed by atoms with van der Waals surface area (Å²) in [7, 11) is 0. The zero-order valence-electron chi connectivity index (χ0n) is 26.6. The third-order valence-electron chi connectivity index (χ3n) is 10.8. The predicted octanol–water partition coefficient (Wildman–Crippen LogP) is 12.6. The molecular formula is C47H29NO. The number of anilines is 3. The summed E-state index contributed by atoms with van der Waals surface area (Å²) in [5, 5.41) is 4.63. The summed E-state index contributed by atoms with van der Waals surface area (Å²) in [6.45, 7) is 0. The molecular weight excluding hydrogens is 595 g/mol. The number of furan rings is 1. The van der Waals surface area contributed by atoms with Crippen molar-refractivity contribution in [3.05, 3.63) is 198 Å². The van der Waals surface area contributed by atoms with Crippen LogP contribution in [-0.2, 0) is 5.41 Å². The molecule has 0 unspecified atom stereocenters. The van der Waals surface area contributed by atoms with Gasteiger partial charge in [0.2, 0.25) is 0 Å². The second-order valence-corrected chi connectivity index (χ2v) is 13.2. The zero-order chi connectivity index (χ0) is 32.1. The van der Waals surface area contributed by atoms with Crippen molar-refractivity contribution in [1.29, 1.82) is 0 Å². The van der Waals surface area contributed by atoms with Crippen molar-refractivity contribution in [2.24, 2.45) is 0 Å². The fourth-order valence-corrected chi connectivity index (χ4v) is 8.94. The van der Waals surface area contributed by atoms with Gasteiger partial charge >= 0.3 is 0 Å². The van der Waals surface area contributed by atoms with Crippen LogP contribution in [0.3, 0.4) is 0 Å². The minimum Gasteiger partial charge on any atom is -0.454 e. The van der Waals surface area contributed by atoms with E-state index in [9.17, 15) is 0 Å². The van der Waals surface area contributed by atoms with Crippen LogP contribution in [0, 0.1) is 0 Å². The molecule has 9 aromatic rings. The Morgan fingerprint density at radius 3 is 1.69 bits per heavy atom. The summed E-state index contributed by atoms with van der Waals surface area (Å²) in [4.78, 5) is 2.41. The Morgan fingerprint density at radius 1 is 0.408 bits per heavy atom. The van der Waals surface area contributed by atoms with Crippen molar-refractivity contribution in [2.45, 2.75) is 5.41 Å². The Kier molecular flexibility index (Phi) is 5.34. The highest BCUT2D eigenvalue weighted by Gasteiger charge is 2.52. The van der Waals surface area contributed by atoms with Gasteiger partial charge in [0.05, 0.1) is 16.8 Å². The molecule has 8 aromatic carbocycles. The SMILES string of the molecule is c1ccc(N(c2cccc3c2-c2ccccc2C32c3ccccc3-c3ccccc32)c2cccc3c2oc2cc4ccccc4cc23)cc1. The number of nitrogens with zero attached hydrogens (tertiary/aromatic N) is 1. The van der Waals surface area contributed by atoms with E-state index in [2.05, 4.69) is 181 Å². The smallest absolute Gasteiger partial charge is 0.159 e. The fourth-order valence-electron chi connectivity index (χ4n) is 8.94. The number of benzene rings is 8. The van der Waals surface area contributed by atoms with E-state index in [1.54, 1.807) is 0 Å². The second kappa shape index (κ2) is 9.82. The molecule has 1 spiro atoms. The highest BCUT2D eigenvalue weighted by molar-refractivity contribution is 6.14. The first-order valence-electron chi connectivity index (χ1n) is 16.9. The first kappa shape index (κ1) is 26.7. The molecule has 2 heteroatoms. The van der Waals surface area contributed by atoms with Crippen molar-refractivity contribution < 1.29 is 4.42 Å². The molecule has 2 aliphatic rings. The Labute approximate surface area is 284 Å². The maximum Gasteiger partial charge on any atom is 0.159 e. The van der Waals surface area contributed by atoms with Gasteiger partial charge in [-0.3, -0.25) is 0 Å². The second-order valence-electron chi connectivity index (χ2n) is 13.2.